The summed E-state index contributed by atoms with van der Waals surface area (Å²) in [6.45, 7) is 10.7. The summed E-state index contributed by atoms with van der Waals surface area (Å²) in [5.74, 6) is -4.93. The predicted molar refractivity (Wildman–Crippen MR) is 236 cm³/mol. The van der Waals surface area contributed by atoms with Gasteiger partial charge in [-0.1, -0.05) is 61.6 Å². The monoisotopic (exact) mass is 918 g/mol. The molecule has 2 aliphatic heterocycles. The normalized spacial score (nSPS) is 33.5. The van der Waals surface area contributed by atoms with Crippen molar-refractivity contribution in [3.8, 4) is 10.4 Å². The number of nitrogens with zero attached hydrogens (tertiary/aromatic N) is 5. The molecule has 5 rings (SSSR count). The van der Waals surface area contributed by atoms with Gasteiger partial charge in [0.05, 0.1) is 34.5 Å². The number of Topliss-reactive ketones (excluding diaryl/α,β-unsaturated/α-hetero) is 2. The largest absolute Gasteiger partial charge is 0.459 e. The molecule has 14 atom stereocenters. The summed E-state index contributed by atoms with van der Waals surface area (Å²) in [4.78, 5) is 48.1. The Morgan fingerprint density at radius 1 is 1.11 bits per heavy atom. The van der Waals surface area contributed by atoms with Gasteiger partial charge in [-0.3, -0.25) is 14.4 Å². The summed E-state index contributed by atoms with van der Waals surface area (Å²) in [6, 6.07) is 6.30. The number of halogens is 1. The van der Waals surface area contributed by atoms with Crippen LogP contribution in [0.25, 0.3) is 10.4 Å². The van der Waals surface area contributed by atoms with Crippen LogP contribution in [0.4, 0.5) is 9.52 Å². The highest BCUT2D eigenvalue weighted by Crippen LogP contribution is 2.37. The van der Waals surface area contributed by atoms with E-state index in [2.05, 4.69) is 15.3 Å². The van der Waals surface area contributed by atoms with Gasteiger partial charge in [-0.25, -0.2) is 14.1 Å². The average Bonchev–Trinajstić information content (AvgIpc) is 3.94. The molecule has 0 bridgehead atoms. The van der Waals surface area contributed by atoms with Crippen LogP contribution in [0.1, 0.15) is 97.6 Å². The summed E-state index contributed by atoms with van der Waals surface area (Å²) in [7, 11) is 4.79. The topological polar surface area (TPSA) is 231 Å². The molecule has 64 heavy (non-hydrogen) atoms. The molecule has 356 valence electrons. The highest BCUT2D eigenvalue weighted by Gasteiger charge is 2.50. The van der Waals surface area contributed by atoms with Crippen molar-refractivity contribution in [3.05, 3.63) is 47.9 Å². The number of esters is 1. The zero-order valence-electron chi connectivity index (χ0n) is 38.5. The number of ketones is 2. The van der Waals surface area contributed by atoms with E-state index in [4.69, 9.17) is 29.4 Å². The molecular formula is C45H67FN6O11S. The number of cyclic esters (lactones) is 1. The fraction of sp³-hybridized carbons (Fsp3) is 0.689. The van der Waals surface area contributed by atoms with Crippen LogP contribution in [0.2, 0.25) is 0 Å². The quantitative estimate of drug-likeness (QED) is 0.131. The van der Waals surface area contributed by atoms with Gasteiger partial charge in [0, 0.05) is 63.9 Å². The summed E-state index contributed by atoms with van der Waals surface area (Å²) in [5, 5.41) is 43.6. The van der Waals surface area contributed by atoms with Gasteiger partial charge in [0.15, 0.2) is 11.4 Å². The van der Waals surface area contributed by atoms with Crippen molar-refractivity contribution in [3.63, 3.8) is 0 Å². The van der Waals surface area contributed by atoms with Crippen LogP contribution in [-0.4, -0.2) is 146 Å². The van der Waals surface area contributed by atoms with Crippen LogP contribution in [0, 0.1) is 17.8 Å². The minimum Gasteiger partial charge on any atom is -0.459 e. The van der Waals surface area contributed by atoms with Crippen molar-refractivity contribution in [2.24, 2.45) is 17.8 Å². The van der Waals surface area contributed by atoms with Crippen LogP contribution < -0.4 is 5.73 Å². The molecule has 2 aliphatic rings. The predicted octanol–water partition coefficient (Wildman–Crippen LogP) is 4.29. The lowest BCUT2D eigenvalue weighted by molar-refractivity contribution is -0.290. The lowest BCUT2D eigenvalue weighted by Gasteiger charge is -2.46. The second-order valence-corrected chi connectivity index (χ2v) is 19.0. The van der Waals surface area contributed by atoms with Gasteiger partial charge in [-0.15, -0.1) is 5.10 Å². The molecule has 3 aromatic rings. The molecular weight excluding hydrogens is 852 g/mol. The Kier molecular flexibility index (Phi) is 17.3. The van der Waals surface area contributed by atoms with Crippen LogP contribution in [0.3, 0.4) is 0 Å². The number of rotatable bonds is 14. The van der Waals surface area contributed by atoms with Gasteiger partial charge >= 0.3 is 5.97 Å². The Hall–Kier alpha value is -3.79. The molecule has 2 aromatic heterocycles. The van der Waals surface area contributed by atoms with Gasteiger partial charge < -0.3 is 49.6 Å². The number of nitrogen functional groups attached to an aromatic ring is 1. The third-order valence-corrected chi connectivity index (χ3v) is 14.1. The first kappa shape index (κ1) is 51.2. The van der Waals surface area contributed by atoms with E-state index in [1.165, 1.54) is 51.0 Å². The number of aliphatic hydroxyl groups is 3. The maximum atomic E-state index is 14.7. The molecule has 2 fully saturated rings. The Bertz CT molecular complexity index is 2020. The number of carbonyl (C=O) groups excluding carboxylic acids is 3. The van der Waals surface area contributed by atoms with E-state index in [0.29, 0.717) is 30.2 Å². The minimum absolute atomic E-state index is 0.0298. The molecule has 1 aromatic carbocycles. The van der Waals surface area contributed by atoms with E-state index in [0.717, 1.165) is 16.0 Å². The fourth-order valence-corrected chi connectivity index (χ4v) is 9.65. The molecule has 4 heterocycles. The lowest BCUT2D eigenvalue weighted by Crippen LogP contribution is -2.59. The third kappa shape index (κ3) is 11.4. The molecule has 19 heteroatoms. The highest BCUT2D eigenvalue weighted by molar-refractivity contribution is 7.18. The molecule has 0 amide bonds. The minimum atomic E-state index is -1.99. The van der Waals surface area contributed by atoms with Crippen molar-refractivity contribution >= 4 is 34.0 Å². The number of anilines is 1. The van der Waals surface area contributed by atoms with E-state index in [1.807, 2.05) is 43.1 Å². The molecule has 17 nitrogen and oxygen atoms in total. The number of methoxy groups -OCH3 is 2. The zero-order valence-corrected chi connectivity index (χ0v) is 39.4. The maximum absolute atomic E-state index is 14.7. The van der Waals surface area contributed by atoms with Gasteiger partial charge in [0.25, 0.3) is 0 Å². The molecule has 0 unspecified atom stereocenters. The van der Waals surface area contributed by atoms with Crippen molar-refractivity contribution in [1.82, 2.24) is 24.9 Å². The number of aliphatic hydroxyl groups excluding tert-OH is 2. The number of benzene rings is 1. The second-order valence-electron chi connectivity index (χ2n) is 17.9. The smallest absolute Gasteiger partial charge is 0.316 e. The Morgan fingerprint density at radius 2 is 1.80 bits per heavy atom. The maximum Gasteiger partial charge on any atom is 0.316 e. The number of hydrogen-bond donors (Lipinski definition) is 4. The standard InChI is InChI=1S/C45H67FN6O11S/c1-11-35-45(7,58)40(56)27(5)37(54)24(2)20-44(6,60-10)36(19-33(53)26(4)41(57)62-35)63-42-38(55)31(18-25(3)61-42)51(8)17-16-30-23-52(50-49-30)32(21-46)39(59-9)29-14-12-28(13-15-29)34-22-48-43(47)64-34/h12-15,22-27,31-32,35-36,38-40,42,55-56,58H,11,16-21H2,1-10H3,(H2,47,48)/t24-,25-,26-,27+,31+,32-,35-,36-,38-,39-,40-,42+,44-,45-/m1/s1. The number of aromatic nitrogens is 4. The first-order valence-electron chi connectivity index (χ1n) is 21.9. The van der Waals surface area contributed by atoms with Crippen LogP contribution in [-0.2, 0) is 44.5 Å². The van der Waals surface area contributed by atoms with Crippen LogP contribution in [0.5, 0.6) is 0 Å². The van der Waals surface area contributed by atoms with E-state index in [1.54, 1.807) is 33.2 Å². The van der Waals surface area contributed by atoms with Crippen LogP contribution in [0.15, 0.2) is 36.7 Å². The molecule has 0 spiro atoms. The van der Waals surface area contributed by atoms with Crippen molar-refractivity contribution < 1.29 is 57.8 Å². The number of alkyl halides is 1. The number of nitrogens with two attached hydrogens (primary N) is 1. The second kappa shape index (κ2) is 21.7. The highest BCUT2D eigenvalue weighted by atomic mass is 32.1. The SMILES string of the molecule is CC[C@H]1OC(=O)[C@H](C)C(=O)C[C@@H](O[C@@H]2O[C@H](C)C[C@H](N(C)CCc3cn([C@H](CF)[C@H](OC)c4ccc(-c5cnc(N)s5)cc4)nn3)[C@H]2O)[C@](C)(OC)C[C@@H](C)C(=O)[C@H](C)[C@@H](O)[C@]1(C)O. The number of thiazole rings is 1. The average molecular weight is 919 g/mol. The Morgan fingerprint density at radius 3 is 2.39 bits per heavy atom. The Balaban J connectivity index is 1.30. The molecule has 0 radical (unpaired) electrons. The number of likely N-dealkylation sites (N-methyl/N-ethyl adjacent to an activating group) is 1. The van der Waals surface area contributed by atoms with Crippen molar-refractivity contribution in [2.45, 2.75) is 147 Å². The number of ether oxygens (including phenoxy) is 5. The summed E-state index contributed by atoms with van der Waals surface area (Å²) < 4.78 is 46.4. The molecule has 0 saturated carbocycles. The Labute approximate surface area is 378 Å². The van der Waals surface area contributed by atoms with Crippen molar-refractivity contribution in [1.29, 1.82) is 0 Å². The van der Waals surface area contributed by atoms with E-state index >= 15 is 0 Å². The van der Waals surface area contributed by atoms with E-state index in [9.17, 15) is 34.1 Å². The molecule has 5 N–H and O–H groups in total. The van der Waals surface area contributed by atoms with Gasteiger partial charge in [-0.2, -0.15) is 0 Å². The first-order valence-corrected chi connectivity index (χ1v) is 22.7. The fourth-order valence-electron chi connectivity index (χ4n) is 8.96. The number of hydrogen-bond acceptors (Lipinski definition) is 17. The zero-order chi connectivity index (χ0) is 47.3. The molecule has 2 saturated heterocycles. The van der Waals surface area contributed by atoms with Crippen molar-refractivity contribution in [2.75, 3.05) is 40.2 Å². The third-order valence-electron chi connectivity index (χ3n) is 13.3. The summed E-state index contributed by atoms with van der Waals surface area (Å²) in [6.07, 6.45) is -3.42. The summed E-state index contributed by atoms with van der Waals surface area (Å²) >= 11 is 1.37. The number of carbonyl (C=O) groups is 3. The van der Waals surface area contributed by atoms with Gasteiger partial charge in [0.2, 0.25) is 0 Å². The first-order chi connectivity index (χ1) is 30.2. The van der Waals surface area contributed by atoms with Crippen LogP contribution >= 0.6 is 11.3 Å². The lowest BCUT2D eigenvalue weighted by atomic mass is 9.76. The van der Waals surface area contributed by atoms with E-state index in [-0.39, 0.29) is 25.0 Å². The summed E-state index contributed by atoms with van der Waals surface area (Å²) in [5.41, 5.74) is 4.76. The van der Waals surface area contributed by atoms with Gasteiger partial charge in [0.1, 0.15) is 54.1 Å². The van der Waals surface area contributed by atoms with E-state index < -0.39 is 102 Å². The molecule has 0 aliphatic carbocycles. The van der Waals surface area contributed by atoms with Gasteiger partial charge in [-0.05, 0) is 65.1 Å².